The van der Waals surface area contributed by atoms with Gasteiger partial charge in [0.15, 0.2) is 0 Å². The van der Waals surface area contributed by atoms with Crippen LogP contribution in [0.3, 0.4) is 0 Å². The minimum Gasteiger partial charge on any atom is -0.496 e. The standard InChI is InChI=1S/C22H26Cl2N2O4S/c1-15(18-7-3-4-8-21(18)30-2)25-22(27)17-6-5-11-26(13-17)31(28,29)14-16-9-10-19(23)20(24)12-16/h3-4,7-10,12,15,17H,5-6,11,13-14H2,1-2H3,(H,25,27)/t15-,17+/m1/s1. The second-order valence-electron chi connectivity index (χ2n) is 7.67. The van der Waals surface area contributed by atoms with Gasteiger partial charge in [0, 0.05) is 18.7 Å². The Kier molecular flexibility index (Phi) is 7.86. The van der Waals surface area contributed by atoms with E-state index in [1.807, 2.05) is 31.2 Å². The zero-order valence-electron chi connectivity index (χ0n) is 17.5. The average molecular weight is 485 g/mol. The van der Waals surface area contributed by atoms with Crippen molar-refractivity contribution in [3.63, 3.8) is 0 Å². The van der Waals surface area contributed by atoms with E-state index in [9.17, 15) is 13.2 Å². The molecule has 0 bridgehead atoms. The van der Waals surface area contributed by atoms with E-state index in [-0.39, 0.29) is 24.2 Å². The van der Waals surface area contributed by atoms with Gasteiger partial charge in [-0.3, -0.25) is 4.79 Å². The summed E-state index contributed by atoms with van der Waals surface area (Å²) in [4.78, 5) is 12.9. The quantitative estimate of drug-likeness (QED) is 0.630. The molecule has 2 atom stereocenters. The number of nitrogens with zero attached hydrogens (tertiary/aromatic N) is 1. The van der Waals surface area contributed by atoms with Crippen LogP contribution in [-0.4, -0.2) is 38.8 Å². The summed E-state index contributed by atoms with van der Waals surface area (Å²) in [5.41, 5.74) is 1.43. The molecule has 2 aromatic rings. The molecule has 0 aromatic heterocycles. The van der Waals surface area contributed by atoms with Gasteiger partial charge in [-0.05, 0) is 43.5 Å². The summed E-state index contributed by atoms with van der Waals surface area (Å²) in [6.07, 6.45) is 1.27. The summed E-state index contributed by atoms with van der Waals surface area (Å²) < 4.78 is 32.7. The minimum atomic E-state index is -3.59. The fourth-order valence-electron chi connectivity index (χ4n) is 3.77. The molecule has 1 aliphatic rings. The molecule has 31 heavy (non-hydrogen) atoms. The molecule has 1 fully saturated rings. The van der Waals surface area contributed by atoms with Crippen LogP contribution in [0, 0.1) is 5.92 Å². The lowest BCUT2D eigenvalue weighted by molar-refractivity contribution is -0.126. The first-order valence-electron chi connectivity index (χ1n) is 10.1. The third kappa shape index (κ3) is 5.92. The zero-order chi connectivity index (χ0) is 22.6. The van der Waals surface area contributed by atoms with E-state index in [4.69, 9.17) is 27.9 Å². The first kappa shape index (κ1) is 23.9. The summed E-state index contributed by atoms with van der Waals surface area (Å²) in [6, 6.07) is 12.0. The van der Waals surface area contributed by atoms with Crippen LogP contribution in [0.4, 0.5) is 0 Å². The van der Waals surface area contributed by atoms with E-state index >= 15 is 0 Å². The largest absolute Gasteiger partial charge is 0.496 e. The lowest BCUT2D eigenvalue weighted by atomic mass is 9.97. The SMILES string of the molecule is COc1ccccc1[C@@H](C)NC(=O)[C@H]1CCCN(S(=O)(=O)Cc2ccc(Cl)c(Cl)c2)C1. The number of piperidine rings is 1. The number of benzene rings is 2. The van der Waals surface area contributed by atoms with Gasteiger partial charge >= 0.3 is 0 Å². The Labute approximate surface area is 193 Å². The fraction of sp³-hybridized carbons (Fsp3) is 0.409. The molecule has 0 unspecified atom stereocenters. The van der Waals surface area contributed by atoms with Crippen LogP contribution in [0.2, 0.25) is 10.0 Å². The van der Waals surface area contributed by atoms with Gasteiger partial charge in [0.2, 0.25) is 15.9 Å². The Morgan fingerprint density at radius 3 is 2.68 bits per heavy atom. The van der Waals surface area contributed by atoms with Crippen molar-refractivity contribution in [1.29, 1.82) is 0 Å². The van der Waals surface area contributed by atoms with Crippen LogP contribution in [0.15, 0.2) is 42.5 Å². The van der Waals surface area contributed by atoms with Crippen molar-refractivity contribution >= 4 is 39.1 Å². The van der Waals surface area contributed by atoms with E-state index in [1.165, 1.54) is 4.31 Å². The Bertz CT molecular complexity index is 1050. The van der Waals surface area contributed by atoms with Gasteiger partial charge in [0.1, 0.15) is 5.75 Å². The van der Waals surface area contributed by atoms with Crippen molar-refractivity contribution < 1.29 is 17.9 Å². The highest BCUT2D eigenvalue weighted by Crippen LogP contribution is 2.28. The summed E-state index contributed by atoms with van der Waals surface area (Å²) >= 11 is 11.9. The summed E-state index contributed by atoms with van der Waals surface area (Å²) in [7, 11) is -2.00. The van der Waals surface area contributed by atoms with Crippen LogP contribution in [0.1, 0.15) is 36.9 Å². The van der Waals surface area contributed by atoms with Crippen molar-refractivity contribution in [3.05, 3.63) is 63.6 Å². The number of sulfonamides is 1. The second-order valence-corrected chi connectivity index (χ2v) is 10.5. The van der Waals surface area contributed by atoms with Crippen LogP contribution in [0.5, 0.6) is 5.75 Å². The number of rotatable bonds is 7. The van der Waals surface area contributed by atoms with Crippen molar-refractivity contribution in [3.8, 4) is 5.75 Å². The minimum absolute atomic E-state index is 0.159. The van der Waals surface area contributed by atoms with Gasteiger partial charge in [0.05, 0.1) is 34.9 Å². The Balaban J connectivity index is 1.66. The summed E-state index contributed by atoms with van der Waals surface area (Å²) in [5, 5.41) is 3.70. The molecule has 6 nitrogen and oxygen atoms in total. The first-order valence-corrected chi connectivity index (χ1v) is 12.4. The van der Waals surface area contributed by atoms with Gasteiger partial charge in [-0.2, -0.15) is 0 Å². The Morgan fingerprint density at radius 2 is 1.97 bits per heavy atom. The monoisotopic (exact) mass is 484 g/mol. The van der Waals surface area contributed by atoms with Crippen LogP contribution in [-0.2, 0) is 20.6 Å². The van der Waals surface area contributed by atoms with Gasteiger partial charge in [-0.15, -0.1) is 0 Å². The maximum atomic E-state index is 12.9. The molecule has 3 rings (SSSR count). The number of nitrogens with one attached hydrogen (secondary N) is 1. The van der Waals surface area contributed by atoms with Gasteiger partial charge < -0.3 is 10.1 Å². The number of carbonyl (C=O) groups is 1. The number of amides is 1. The molecular formula is C22H26Cl2N2O4S. The molecule has 1 saturated heterocycles. The topological polar surface area (TPSA) is 75.7 Å². The molecule has 1 N–H and O–H groups in total. The first-order chi connectivity index (χ1) is 14.7. The van der Waals surface area contributed by atoms with E-state index in [0.29, 0.717) is 40.7 Å². The molecule has 1 amide bonds. The molecule has 168 valence electrons. The lowest BCUT2D eigenvalue weighted by Crippen LogP contribution is -2.46. The normalized spacial score (nSPS) is 18.4. The summed E-state index contributed by atoms with van der Waals surface area (Å²) in [5.74, 6) is -0.0531. The molecule has 0 aliphatic carbocycles. The van der Waals surface area contributed by atoms with Crippen LogP contribution in [0.25, 0.3) is 0 Å². The summed E-state index contributed by atoms with van der Waals surface area (Å²) in [6.45, 7) is 2.45. The highest BCUT2D eigenvalue weighted by Gasteiger charge is 2.33. The molecule has 1 heterocycles. The fourth-order valence-corrected chi connectivity index (χ4v) is 5.69. The Hall–Kier alpha value is -1.80. The van der Waals surface area contributed by atoms with E-state index in [2.05, 4.69) is 5.32 Å². The van der Waals surface area contributed by atoms with Crippen molar-refractivity contribution in [2.75, 3.05) is 20.2 Å². The predicted molar refractivity (Wildman–Crippen MR) is 123 cm³/mol. The molecule has 2 aromatic carbocycles. The number of hydrogen-bond donors (Lipinski definition) is 1. The van der Waals surface area contributed by atoms with Crippen molar-refractivity contribution in [2.45, 2.75) is 31.6 Å². The molecular weight excluding hydrogens is 459 g/mol. The van der Waals surface area contributed by atoms with Crippen LogP contribution >= 0.6 is 23.2 Å². The van der Waals surface area contributed by atoms with Crippen LogP contribution < -0.4 is 10.1 Å². The lowest BCUT2D eigenvalue weighted by Gasteiger charge is -2.32. The molecule has 0 saturated carbocycles. The van der Waals surface area contributed by atoms with Crippen molar-refractivity contribution in [1.82, 2.24) is 9.62 Å². The van der Waals surface area contributed by atoms with E-state index < -0.39 is 15.9 Å². The molecule has 0 radical (unpaired) electrons. The number of para-hydroxylation sites is 1. The highest BCUT2D eigenvalue weighted by molar-refractivity contribution is 7.88. The number of hydrogen-bond acceptors (Lipinski definition) is 4. The zero-order valence-corrected chi connectivity index (χ0v) is 19.8. The molecule has 9 heteroatoms. The third-order valence-electron chi connectivity index (χ3n) is 5.45. The number of carbonyl (C=O) groups excluding carboxylic acids is 1. The Morgan fingerprint density at radius 1 is 1.23 bits per heavy atom. The molecule has 1 aliphatic heterocycles. The number of halogens is 2. The smallest absolute Gasteiger partial charge is 0.224 e. The predicted octanol–water partition coefficient (Wildman–Crippen LogP) is 4.42. The maximum absolute atomic E-state index is 12.9. The third-order valence-corrected chi connectivity index (χ3v) is 8.00. The second kappa shape index (κ2) is 10.2. The number of methoxy groups -OCH3 is 1. The number of ether oxygens (including phenoxy) is 1. The highest BCUT2D eigenvalue weighted by atomic mass is 35.5. The van der Waals surface area contributed by atoms with E-state index in [1.54, 1.807) is 25.3 Å². The van der Waals surface area contributed by atoms with Gasteiger partial charge in [0.25, 0.3) is 0 Å². The molecule has 0 spiro atoms. The van der Waals surface area contributed by atoms with Gasteiger partial charge in [-0.1, -0.05) is 47.5 Å². The van der Waals surface area contributed by atoms with Gasteiger partial charge in [-0.25, -0.2) is 12.7 Å². The van der Waals surface area contributed by atoms with Crippen molar-refractivity contribution in [2.24, 2.45) is 5.92 Å². The average Bonchev–Trinajstić information content (AvgIpc) is 2.76. The van der Waals surface area contributed by atoms with E-state index in [0.717, 1.165) is 5.56 Å². The maximum Gasteiger partial charge on any atom is 0.224 e.